The molecule has 98 valence electrons. The van der Waals surface area contributed by atoms with Gasteiger partial charge < -0.3 is 10.2 Å². The van der Waals surface area contributed by atoms with E-state index in [1.54, 1.807) is 12.1 Å². The van der Waals surface area contributed by atoms with Crippen molar-refractivity contribution in [3.8, 4) is 6.07 Å². The normalized spacial score (nSPS) is 12.2. The van der Waals surface area contributed by atoms with Gasteiger partial charge in [0.25, 0.3) is 0 Å². The number of aryl methyl sites for hydroxylation is 1. The first-order valence-corrected chi connectivity index (χ1v) is 6.44. The van der Waals surface area contributed by atoms with Crippen molar-refractivity contribution < 1.29 is 4.42 Å². The maximum atomic E-state index is 8.97. The Morgan fingerprint density at radius 1 is 1.15 bits per heavy atom. The average Bonchev–Trinajstić information content (AvgIpc) is 2.84. The molecule has 0 aliphatic carbocycles. The van der Waals surface area contributed by atoms with Gasteiger partial charge in [-0.1, -0.05) is 30.3 Å². The third-order valence-corrected chi connectivity index (χ3v) is 3.54. The van der Waals surface area contributed by atoms with E-state index in [-0.39, 0.29) is 6.04 Å². The quantitative estimate of drug-likeness (QED) is 0.766. The first-order valence-electron chi connectivity index (χ1n) is 6.44. The molecular formula is C17H14N2O. The van der Waals surface area contributed by atoms with Gasteiger partial charge in [0.2, 0.25) is 0 Å². The topological polar surface area (TPSA) is 63.0 Å². The van der Waals surface area contributed by atoms with E-state index in [9.17, 15) is 0 Å². The van der Waals surface area contributed by atoms with Gasteiger partial charge in [0.15, 0.2) is 0 Å². The molecule has 0 aliphatic heterocycles. The second-order valence-corrected chi connectivity index (χ2v) is 4.80. The molecule has 1 unspecified atom stereocenters. The predicted octanol–water partition coefficient (Wildman–Crippen LogP) is 3.66. The number of hydrogen-bond acceptors (Lipinski definition) is 3. The predicted molar refractivity (Wildman–Crippen MR) is 78.1 cm³/mol. The standard InChI is InChI=1S/C17H14N2O/c1-11-14-7-2-3-8-15(14)20-17(11)16(19)13-6-4-5-12(9-13)10-18/h2-9,16H,19H2,1H3. The lowest BCUT2D eigenvalue weighted by molar-refractivity contribution is 0.521. The minimum absolute atomic E-state index is 0.365. The number of hydrogen-bond donors (Lipinski definition) is 1. The lowest BCUT2D eigenvalue weighted by Crippen LogP contribution is -2.12. The molecule has 0 radical (unpaired) electrons. The fraction of sp³-hybridized carbons (Fsp3) is 0.118. The Labute approximate surface area is 117 Å². The summed E-state index contributed by atoms with van der Waals surface area (Å²) in [5.74, 6) is 0.751. The smallest absolute Gasteiger partial charge is 0.134 e. The van der Waals surface area contributed by atoms with Crippen molar-refractivity contribution in [2.75, 3.05) is 0 Å². The van der Waals surface area contributed by atoms with E-state index >= 15 is 0 Å². The molecule has 0 bridgehead atoms. The number of nitriles is 1. The van der Waals surface area contributed by atoms with Crippen LogP contribution in [0.1, 0.15) is 28.5 Å². The van der Waals surface area contributed by atoms with Crippen molar-refractivity contribution >= 4 is 11.0 Å². The van der Waals surface area contributed by atoms with Crippen molar-refractivity contribution in [1.82, 2.24) is 0 Å². The van der Waals surface area contributed by atoms with Gasteiger partial charge in [-0.05, 0) is 30.7 Å². The first-order chi connectivity index (χ1) is 9.70. The summed E-state index contributed by atoms with van der Waals surface area (Å²) in [5, 5.41) is 10.0. The van der Waals surface area contributed by atoms with Crippen molar-refractivity contribution in [2.45, 2.75) is 13.0 Å². The summed E-state index contributed by atoms with van der Waals surface area (Å²) in [6.07, 6.45) is 0. The number of furan rings is 1. The van der Waals surface area contributed by atoms with Gasteiger partial charge in [-0.25, -0.2) is 0 Å². The van der Waals surface area contributed by atoms with Crippen LogP contribution in [0.4, 0.5) is 0 Å². The number of para-hydroxylation sites is 1. The Balaban J connectivity index is 2.10. The summed E-state index contributed by atoms with van der Waals surface area (Å²) < 4.78 is 5.88. The number of rotatable bonds is 2. The second-order valence-electron chi connectivity index (χ2n) is 4.80. The molecule has 1 heterocycles. The van der Waals surface area contributed by atoms with Crippen molar-refractivity contribution in [1.29, 1.82) is 5.26 Å². The Morgan fingerprint density at radius 2 is 1.95 bits per heavy atom. The fourth-order valence-corrected chi connectivity index (χ4v) is 2.44. The van der Waals surface area contributed by atoms with E-state index < -0.39 is 0 Å². The highest BCUT2D eigenvalue weighted by Crippen LogP contribution is 2.31. The molecule has 0 aliphatic rings. The summed E-state index contributed by atoms with van der Waals surface area (Å²) in [7, 11) is 0. The van der Waals surface area contributed by atoms with E-state index in [0.29, 0.717) is 5.56 Å². The van der Waals surface area contributed by atoms with Gasteiger partial charge in [-0.2, -0.15) is 5.26 Å². The highest BCUT2D eigenvalue weighted by molar-refractivity contribution is 5.82. The van der Waals surface area contributed by atoms with Crippen LogP contribution in [0.2, 0.25) is 0 Å². The molecule has 0 saturated carbocycles. The van der Waals surface area contributed by atoms with E-state index in [0.717, 1.165) is 27.9 Å². The number of nitrogens with zero attached hydrogens (tertiary/aromatic N) is 1. The van der Waals surface area contributed by atoms with E-state index in [1.807, 2.05) is 43.3 Å². The van der Waals surface area contributed by atoms with Crippen LogP contribution in [0.5, 0.6) is 0 Å². The minimum atomic E-state index is -0.365. The molecule has 3 nitrogen and oxygen atoms in total. The number of fused-ring (bicyclic) bond motifs is 1. The second kappa shape index (κ2) is 4.84. The summed E-state index contributed by atoms with van der Waals surface area (Å²) in [5.41, 5.74) is 9.68. The molecule has 3 heteroatoms. The van der Waals surface area contributed by atoms with E-state index in [4.69, 9.17) is 15.4 Å². The molecule has 20 heavy (non-hydrogen) atoms. The molecule has 0 spiro atoms. The van der Waals surface area contributed by atoms with Crippen LogP contribution in [0.3, 0.4) is 0 Å². The zero-order valence-electron chi connectivity index (χ0n) is 11.1. The lowest BCUT2D eigenvalue weighted by Gasteiger charge is -2.10. The summed E-state index contributed by atoms with van der Waals surface area (Å²) in [6.45, 7) is 2.01. The van der Waals surface area contributed by atoms with Gasteiger partial charge in [-0.3, -0.25) is 0 Å². The average molecular weight is 262 g/mol. The van der Waals surface area contributed by atoms with Crippen molar-refractivity contribution in [2.24, 2.45) is 5.73 Å². The van der Waals surface area contributed by atoms with Crippen LogP contribution < -0.4 is 5.73 Å². The molecule has 0 fully saturated rings. The molecule has 1 atom stereocenters. The molecule has 1 aromatic heterocycles. The van der Waals surface area contributed by atoms with E-state index in [2.05, 4.69) is 6.07 Å². The van der Waals surface area contributed by atoms with Crippen LogP contribution in [0, 0.1) is 18.3 Å². The lowest BCUT2D eigenvalue weighted by atomic mass is 10.00. The van der Waals surface area contributed by atoms with Crippen LogP contribution in [0.15, 0.2) is 52.9 Å². The Hall–Kier alpha value is -2.57. The highest BCUT2D eigenvalue weighted by atomic mass is 16.3. The summed E-state index contributed by atoms with van der Waals surface area (Å²) in [4.78, 5) is 0. The summed E-state index contributed by atoms with van der Waals surface area (Å²) in [6, 6.07) is 17.0. The molecule has 3 aromatic rings. The Kier molecular flexibility index (Phi) is 3.02. The molecule has 3 rings (SSSR count). The third kappa shape index (κ3) is 1.97. The first kappa shape index (κ1) is 12.5. The molecule has 0 amide bonds. The van der Waals surface area contributed by atoms with Crippen LogP contribution in [0.25, 0.3) is 11.0 Å². The highest BCUT2D eigenvalue weighted by Gasteiger charge is 2.18. The van der Waals surface area contributed by atoms with Gasteiger partial charge in [-0.15, -0.1) is 0 Å². The number of nitrogens with two attached hydrogens (primary N) is 1. The maximum Gasteiger partial charge on any atom is 0.134 e. The van der Waals surface area contributed by atoms with Gasteiger partial charge in [0.1, 0.15) is 11.3 Å². The molecular weight excluding hydrogens is 248 g/mol. The van der Waals surface area contributed by atoms with Crippen molar-refractivity contribution in [3.05, 3.63) is 71.0 Å². The van der Waals surface area contributed by atoms with Gasteiger partial charge in [0.05, 0.1) is 17.7 Å². The summed E-state index contributed by atoms with van der Waals surface area (Å²) >= 11 is 0. The van der Waals surface area contributed by atoms with Gasteiger partial charge >= 0.3 is 0 Å². The zero-order chi connectivity index (χ0) is 14.1. The Bertz CT molecular complexity index is 811. The third-order valence-electron chi connectivity index (χ3n) is 3.54. The Morgan fingerprint density at radius 3 is 2.70 bits per heavy atom. The molecule has 0 saturated heterocycles. The van der Waals surface area contributed by atoms with Crippen LogP contribution >= 0.6 is 0 Å². The maximum absolute atomic E-state index is 8.97. The molecule has 2 aromatic carbocycles. The number of benzene rings is 2. The van der Waals surface area contributed by atoms with Crippen LogP contribution in [-0.2, 0) is 0 Å². The minimum Gasteiger partial charge on any atom is -0.459 e. The van der Waals surface area contributed by atoms with Gasteiger partial charge in [0, 0.05) is 10.9 Å². The van der Waals surface area contributed by atoms with E-state index in [1.165, 1.54) is 0 Å². The largest absolute Gasteiger partial charge is 0.459 e. The molecule has 2 N–H and O–H groups in total. The van der Waals surface area contributed by atoms with Crippen molar-refractivity contribution in [3.63, 3.8) is 0 Å². The monoisotopic (exact) mass is 262 g/mol. The fourth-order valence-electron chi connectivity index (χ4n) is 2.44. The SMILES string of the molecule is Cc1c(C(N)c2cccc(C#N)c2)oc2ccccc12. The van der Waals surface area contributed by atoms with Crippen LogP contribution in [-0.4, -0.2) is 0 Å². The zero-order valence-corrected chi connectivity index (χ0v) is 11.1.